The van der Waals surface area contributed by atoms with Crippen molar-refractivity contribution in [1.82, 2.24) is 4.90 Å². The van der Waals surface area contributed by atoms with Crippen molar-refractivity contribution < 1.29 is 28.2 Å². The number of rotatable bonds is 3. The van der Waals surface area contributed by atoms with Crippen molar-refractivity contribution in [2.24, 2.45) is 5.92 Å². The molecular weight excluding hydrogens is 272 g/mol. The normalized spacial score (nSPS) is 24.4. The molecule has 0 bridgehead atoms. The first-order valence-corrected chi connectivity index (χ1v) is 6.69. The lowest BCUT2D eigenvalue weighted by Gasteiger charge is -2.39. The molecule has 0 aromatic rings. The van der Waals surface area contributed by atoms with Crippen molar-refractivity contribution in [3.63, 3.8) is 0 Å². The Morgan fingerprint density at radius 2 is 2.10 bits per heavy atom. The van der Waals surface area contributed by atoms with Gasteiger partial charge in [0.1, 0.15) is 5.60 Å². The molecule has 20 heavy (non-hydrogen) atoms. The van der Waals surface area contributed by atoms with Crippen molar-refractivity contribution in [2.75, 3.05) is 19.7 Å². The first kappa shape index (κ1) is 17.1. The molecular formula is C13H23F2NO4. The van der Waals surface area contributed by atoms with Gasteiger partial charge in [0, 0.05) is 25.5 Å². The number of nitrogens with zero attached hydrogens (tertiary/aromatic N) is 1. The molecule has 1 N–H and O–H groups in total. The third-order valence-corrected chi connectivity index (χ3v) is 2.83. The molecule has 118 valence electrons. The van der Waals surface area contributed by atoms with E-state index in [-0.39, 0.29) is 13.2 Å². The molecule has 5 nitrogen and oxygen atoms in total. The van der Waals surface area contributed by atoms with Gasteiger partial charge in [-0.3, -0.25) is 0 Å². The fourth-order valence-electron chi connectivity index (χ4n) is 2.10. The van der Waals surface area contributed by atoms with Crippen LogP contribution in [-0.2, 0) is 9.47 Å². The van der Waals surface area contributed by atoms with E-state index in [4.69, 9.17) is 9.47 Å². The predicted octanol–water partition coefficient (Wildman–Crippen LogP) is 2.23. The van der Waals surface area contributed by atoms with Crippen molar-refractivity contribution in [2.45, 2.75) is 51.9 Å². The Balaban J connectivity index is 2.74. The Bertz CT molecular complexity index is 344. The van der Waals surface area contributed by atoms with Gasteiger partial charge in [-0.25, -0.2) is 13.6 Å². The summed E-state index contributed by atoms with van der Waals surface area (Å²) in [7, 11) is 0. The Kier molecular flexibility index (Phi) is 5.32. The van der Waals surface area contributed by atoms with E-state index in [2.05, 4.69) is 0 Å². The zero-order chi connectivity index (χ0) is 15.6. The minimum absolute atomic E-state index is 0.00826. The predicted molar refractivity (Wildman–Crippen MR) is 68.5 cm³/mol. The molecule has 7 heteroatoms. The molecule has 2 atom stereocenters. The van der Waals surface area contributed by atoms with Gasteiger partial charge in [-0.1, -0.05) is 0 Å². The van der Waals surface area contributed by atoms with Crippen LogP contribution in [-0.4, -0.2) is 53.6 Å². The maximum absolute atomic E-state index is 13.7. The highest BCUT2D eigenvalue weighted by atomic mass is 19.3. The SMILES string of the molecule is CCO[C@H](O)[C@H]1CN(C(=O)OC(C)(C)C)CC(F)(F)C1. The highest BCUT2D eigenvalue weighted by Gasteiger charge is 2.45. The summed E-state index contributed by atoms with van der Waals surface area (Å²) in [6.07, 6.45) is -2.62. The topological polar surface area (TPSA) is 59.0 Å². The van der Waals surface area contributed by atoms with Gasteiger partial charge in [-0.2, -0.15) is 0 Å². The molecule has 1 fully saturated rings. The average molecular weight is 295 g/mol. The molecule has 0 aromatic carbocycles. The first-order chi connectivity index (χ1) is 9.04. The number of aliphatic hydroxyl groups excluding tert-OH is 1. The number of alkyl halides is 2. The number of carbonyl (C=O) groups is 1. The van der Waals surface area contributed by atoms with Gasteiger partial charge in [-0.05, 0) is 27.7 Å². The number of aliphatic hydroxyl groups is 1. The van der Waals surface area contributed by atoms with Crippen molar-refractivity contribution in [3.8, 4) is 0 Å². The maximum Gasteiger partial charge on any atom is 0.410 e. The summed E-state index contributed by atoms with van der Waals surface area (Å²) < 4.78 is 37.4. The summed E-state index contributed by atoms with van der Waals surface area (Å²) in [5, 5.41) is 9.70. The summed E-state index contributed by atoms with van der Waals surface area (Å²) in [6, 6.07) is 0. The molecule has 0 aliphatic carbocycles. The van der Waals surface area contributed by atoms with Gasteiger partial charge < -0.3 is 19.5 Å². The Morgan fingerprint density at radius 1 is 1.50 bits per heavy atom. The zero-order valence-electron chi connectivity index (χ0n) is 12.4. The average Bonchev–Trinajstić information content (AvgIpc) is 2.24. The summed E-state index contributed by atoms with van der Waals surface area (Å²) in [5.41, 5.74) is -0.752. The second-order valence-electron chi connectivity index (χ2n) is 6.03. The van der Waals surface area contributed by atoms with Gasteiger partial charge in [0.25, 0.3) is 5.92 Å². The molecule has 1 rings (SSSR count). The van der Waals surface area contributed by atoms with Crippen molar-refractivity contribution in [1.29, 1.82) is 0 Å². The van der Waals surface area contributed by atoms with E-state index in [0.29, 0.717) is 0 Å². The van der Waals surface area contributed by atoms with Crippen LogP contribution in [0.3, 0.4) is 0 Å². The lowest BCUT2D eigenvalue weighted by Crippen LogP contribution is -2.53. The molecule has 1 aliphatic heterocycles. The third-order valence-electron chi connectivity index (χ3n) is 2.83. The largest absolute Gasteiger partial charge is 0.444 e. The van der Waals surface area contributed by atoms with E-state index < -0.39 is 42.8 Å². The zero-order valence-corrected chi connectivity index (χ0v) is 12.4. The number of halogens is 2. The Hall–Kier alpha value is -0.950. The monoisotopic (exact) mass is 295 g/mol. The fourth-order valence-corrected chi connectivity index (χ4v) is 2.10. The van der Waals surface area contributed by atoms with Crippen LogP contribution in [0.5, 0.6) is 0 Å². The number of carbonyl (C=O) groups excluding carboxylic acids is 1. The fraction of sp³-hybridized carbons (Fsp3) is 0.923. The molecule has 1 saturated heterocycles. The smallest absolute Gasteiger partial charge is 0.410 e. The van der Waals surface area contributed by atoms with Gasteiger partial charge in [-0.15, -0.1) is 0 Å². The summed E-state index contributed by atoms with van der Waals surface area (Å²) in [5.74, 6) is -3.89. The molecule has 0 unspecified atom stereocenters. The lowest BCUT2D eigenvalue weighted by molar-refractivity contribution is -0.176. The molecule has 0 radical (unpaired) electrons. The van der Waals surface area contributed by atoms with Crippen LogP contribution in [0, 0.1) is 5.92 Å². The van der Waals surface area contributed by atoms with Crippen LogP contribution >= 0.6 is 0 Å². The van der Waals surface area contributed by atoms with Crippen LogP contribution in [0.25, 0.3) is 0 Å². The van der Waals surface area contributed by atoms with E-state index >= 15 is 0 Å². The second kappa shape index (κ2) is 6.22. The van der Waals surface area contributed by atoms with E-state index in [9.17, 15) is 18.7 Å². The van der Waals surface area contributed by atoms with Gasteiger partial charge in [0.05, 0.1) is 6.54 Å². The maximum atomic E-state index is 13.7. The van der Waals surface area contributed by atoms with E-state index in [0.717, 1.165) is 4.90 Å². The van der Waals surface area contributed by atoms with Crippen LogP contribution in [0.2, 0.25) is 0 Å². The minimum Gasteiger partial charge on any atom is -0.444 e. The van der Waals surface area contributed by atoms with Gasteiger partial charge in [0.15, 0.2) is 6.29 Å². The van der Waals surface area contributed by atoms with Crippen molar-refractivity contribution in [3.05, 3.63) is 0 Å². The molecule has 0 saturated carbocycles. The summed E-state index contributed by atoms with van der Waals surface area (Å²) in [6.45, 7) is 6.17. The molecule has 1 heterocycles. The minimum atomic E-state index is -3.06. The van der Waals surface area contributed by atoms with E-state index in [1.807, 2.05) is 0 Å². The molecule has 1 amide bonds. The summed E-state index contributed by atoms with van der Waals surface area (Å²) in [4.78, 5) is 12.8. The Labute approximate surface area is 117 Å². The summed E-state index contributed by atoms with van der Waals surface area (Å²) >= 11 is 0. The van der Waals surface area contributed by atoms with E-state index in [1.54, 1.807) is 27.7 Å². The molecule has 0 aromatic heterocycles. The number of piperidine rings is 1. The lowest BCUT2D eigenvalue weighted by atomic mass is 9.95. The highest BCUT2D eigenvalue weighted by Crippen LogP contribution is 2.33. The standard InChI is InChI=1S/C13H23F2NO4/c1-5-19-10(17)9-6-13(14,15)8-16(7-9)11(18)20-12(2,3)4/h9-10,17H,5-8H2,1-4H3/t9-,10+/m1/s1. The van der Waals surface area contributed by atoms with Gasteiger partial charge >= 0.3 is 6.09 Å². The number of likely N-dealkylation sites (tertiary alicyclic amines) is 1. The second-order valence-corrected chi connectivity index (χ2v) is 6.03. The third kappa shape index (κ3) is 5.20. The molecule has 0 spiro atoms. The van der Waals surface area contributed by atoms with E-state index in [1.165, 1.54) is 0 Å². The number of hydrogen-bond donors (Lipinski definition) is 1. The number of ether oxygens (including phenoxy) is 2. The van der Waals surface area contributed by atoms with Crippen LogP contribution < -0.4 is 0 Å². The van der Waals surface area contributed by atoms with Crippen LogP contribution in [0.4, 0.5) is 13.6 Å². The Morgan fingerprint density at radius 3 is 2.60 bits per heavy atom. The first-order valence-electron chi connectivity index (χ1n) is 6.69. The van der Waals surface area contributed by atoms with Crippen LogP contribution in [0.15, 0.2) is 0 Å². The molecule has 1 aliphatic rings. The van der Waals surface area contributed by atoms with Gasteiger partial charge in [0.2, 0.25) is 0 Å². The van der Waals surface area contributed by atoms with Crippen molar-refractivity contribution >= 4 is 6.09 Å². The van der Waals surface area contributed by atoms with Crippen LogP contribution in [0.1, 0.15) is 34.1 Å². The number of amides is 1. The number of hydrogen-bond acceptors (Lipinski definition) is 4. The highest BCUT2D eigenvalue weighted by molar-refractivity contribution is 5.68. The quantitative estimate of drug-likeness (QED) is 0.811.